The molecule has 7 heteroatoms. The molecule has 0 aliphatic carbocycles. The molecule has 1 heterocycles. The molecule has 1 aliphatic heterocycles. The Bertz CT molecular complexity index is 1310. The summed E-state index contributed by atoms with van der Waals surface area (Å²) in [5.41, 5.74) is 4.66. The van der Waals surface area contributed by atoms with Crippen LogP contribution in [0.25, 0.3) is 0 Å². The maximum atomic E-state index is 9.79. The molecule has 1 aliphatic rings. The predicted octanol–water partition coefficient (Wildman–Crippen LogP) is 8.10. The van der Waals surface area contributed by atoms with Crippen LogP contribution in [0, 0.1) is 12.8 Å². The molecule has 219 valence electrons. The van der Waals surface area contributed by atoms with Crippen molar-refractivity contribution in [3.8, 4) is 11.5 Å². The van der Waals surface area contributed by atoms with E-state index >= 15 is 0 Å². The molecule has 1 saturated heterocycles. The summed E-state index contributed by atoms with van der Waals surface area (Å²) in [5.74, 6) is 0.455. The Kier molecular flexibility index (Phi) is 13.2. The fourth-order valence-corrected chi connectivity index (χ4v) is 4.19. The zero-order chi connectivity index (χ0) is 29.1. The Morgan fingerprint density at radius 2 is 1.39 bits per heavy atom. The van der Waals surface area contributed by atoms with Gasteiger partial charge in [-0.1, -0.05) is 54.6 Å². The van der Waals surface area contributed by atoms with Gasteiger partial charge >= 0.3 is 0 Å². The predicted molar refractivity (Wildman–Crippen MR) is 164 cm³/mol. The van der Waals surface area contributed by atoms with E-state index in [9.17, 15) is 10.2 Å². The first-order valence-electron chi connectivity index (χ1n) is 13.2. The van der Waals surface area contributed by atoms with Gasteiger partial charge in [-0.25, -0.2) is 0 Å². The molecule has 4 rings (SSSR count). The number of phenols is 2. The fourth-order valence-electron chi connectivity index (χ4n) is 4.19. The van der Waals surface area contributed by atoms with Crippen molar-refractivity contribution in [1.82, 2.24) is 0 Å². The third-order valence-electron chi connectivity index (χ3n) is 6.71. The fraction of sp³-hybridized carbons (Fsp3) is 0.265. The van der Waals surface area contributed by atoms with Gasteiger partial charge in [-0.3, -0.25) is 9.98 Å². The molecule has 3 aromatic rings. The summed E-state index contributed by atoms with van der Waals surface area (Å²) in [4.78, 5) is 8.82. The maximum absolute atomic E-state index is 9.79. The molecule has 2 N–H and O–H groups in total. The topological polar surface area (TPSA) is 83.6 Å². The molecule has 0 amide bonds. The Morgan fingerprint density at radius 1 is 0.927 bits per heavy atom. The summed E-state index contributed by atoms with van der Waals surface area (Å²) in [7, 11) is 1.64. The zero-order valence-electron chi connectivity index (χ0n) is 24.1. The molecule has 3 aromatic carbocycles. The first-order valence-corrected chi connectivity index (χ1v) is 13.2. The zero-order valence-corrected chi connectivity index (χ0v) is 25.1. The molecular weight excluding hydrogens is 559 g/mol. The van der Waals surface area contributed by atoms with Gasteiger partial charge in [0.1, 0.15) is 11.5 Å². The summed E-state index contributed by atoms with van der Waals surface area (Å²) in [6.07, 6.45) is 7.09. The van der Waals surface area contributed by atoms with Crippen LogP contribution in [0.15, 0.2) is 107 Å². The number of aliphatic imine (C=N–C) groups is 2. The van der Waals surface area contributed by atoms with Crippen LogP contribution in [0.1, 0.15) is 44.7 Å². The average Bonchev–Trinajstić information content (AvgIpc) is 3.16. The van der Waals surface area contributed by atoms with Crippen LogP contribution in [0.5, 0.6) is 11.5 Å². The van der Waals surface area contributed by atoms with E-state index in [2.05, 4.69) is 50.3 Å². The van der Waals surface area contributed by atoms with Crippen LogP contribution in [-0.4, -0.2) is 41.6 Å². The minimum atomic E-state index is -0.292. The van der Waals surface area contributed by atoms with Crippen LogP contribution in [0.4, 0.5) is 11.4 Å². The van der Waals surface area contributed by atoms with Gasteiger partial charge in [0, 0.05) is 53.0 Å². The van der Waals surface area contributed by atoms with Gasteiger partial charge in [-0.05, 0) is 75.6 Å². The third kappa shape index (κ3) is 9.54. The van der Waals surface area contributed by atoms with Crippen molar-refractivity contribution in [3.05, 3.63) is 115 Å². The van der Waals surface area contributed by atoms with Gasteiger partial charge in [0.15, 0.2) is 6.29 Å². The third-order valence-corrected chi connectivity index (χ3v) is 6.71. The Balaban J connectivity index is 0.000000304. The van der Waals surface area contributed by atoms with Crippen LogP contribution in [0.3, 0.4) is 0 Å². The van der Waals surface area contributed by atoms with Gasteiger partial charge in [0.2, 0.25) is 0 Å². The smallest absolute Gasteiger partial charge is 0.177 e. The van der Waals surface area contributed by atoms with E-state index in [1.54, 1.807) is 55.9 Å². The molecule has 1 fully saturated rings. The molecule has 1 unspecified atom stereocenters. The quantitative estimate of drug-likeness (QED) is 0.156. The molecule has 0 spiro atoms. The van der Waals surface area contributed by atoms with E-state index < -0.39 is 0 Å². The van der Waals surface area contributed by atoms with Crippen molar-refractivity contribution < 1.29 is 36.5 Å². The number of para-hydroxylation sites is 4. The Morgan fingerprint density at radius 3 is 1.80 bits per heavy atom. The number of nitrogens with zero attached hydrogens (tertiary/aromatic N) is 2. The minimum Gasteiger partial charge on any atom is -0.507 e. The van der Waals surface area contributed by atoms with Crippen LogP contribution >= 0.6 is 0 Å². The molecule has 0 saturated carbocycles. The van der Waals surface area contributed by atoms with Gasteiger partial charge in [0.25, 0.3) is 0 Å². The maximum Gasteiger partial charge on any atom is 0.177 e. The summed E-state index contributed by atoms with van der Waals surface area (Å²) < 4.78 is 11.1. The monoisotopic (exact) mass is 598 g/mol. The summed E-state index contributed by atoms with van der Waals surface area (Å²) >= 11 is 0. The van der Waals surface area contributed by atoms with Crippen molar-refractivity contribution in [2.24, 2.45) is 15.9 Å². The number of phenolic OH excluding ortho intramolecular Hbond substituents is 2. The summed E-state index contributed by atoms with van der Waals surface area (Å²) in [6.45, 7) is 14.4. The summed E-state index contributed by atoms with van der Waals surface area (Å²) in [6, 6.07) is 21.4. The van der Waals surface area contributed by atoms with E-state index in [0.29, 0.717) is 22.5 Å². The number of hydrogen-bond donors (Lipinski definition) is 2. The first kappa shape index (κ1) is 33.7. The number of rotatable bonds is 8. The second-order valence-electron chi connectivity index (χ2n) is 10.1. The van der Waals surface area contributed by atoms with Gasteiger partial charge < -0.3 is 26.6 Å². The van der Waals surface area contributed by atoms with Crippen molar-refractivity contribution in [2.45, 2.75) is 45.5 Å². The van der Waals surface area contributed by atoms with Gasteiger partial charge in [0.05, 0.1) is 11.4 Å². The summed E-state index contributed by atoms with van der Waals surface area (Å²) in [5, 5.41) is 19.6. The van der Waals surface area contributed by atoms with Crippen LogP contribution < -0.4 is 0 Å². The number of aromatic hydroxyl groups is 2. The van der Waals surface area contributed by atoms with Crippen molar-refractivity contribution in [1.29, 1.82) is 0 Å². The number of hydrogen-bond acceptors (Lipinski definition) is 6. The van der Waals surface area contributed by atoms with Gasteiger partial charge in [-0.15, -0.1) is 5.92 Å². The van der Waals surface area contributed by atoms with Gasteiger partial charge in [-0.2, -0.15) is 0 Å². The molecule has 1 radical (unpaired) electrons. The first-order chi connectivity index (χ1) is 19.1. The van der Waals surface area contributed by atoms with Crippen LogP contribution in [0.2, 0.25) is 0 Å². The van der Waals surface area contributed by atoms with E-state index in [-0.39, 0.29) is 46.1 Å². The standard InChI is InChI=1S/C20H16N2O2.C14H23O2.Co/c23-19-11-5-1-7-15(19)13-21-17-9-3-4-10-18(17)22-14-16-8-2-6-12-20(16)24;1-10(2)8-7-9-14(5)12(4)11(3)13(15-6)16-14;/h1-14,23-24H;8,12-13H,3-4,7,9H2,1-2,5-6H3;/q;-1;/t;12-,13?,14-;/m.0./s1. The Labute approximate surface area is 254 Å². The van der Waals surface area contributed by atoms with Crippen molar-refractivity contribution in [2.75, 3.05) is 7.11 Å². The Hall–Kier alpha value is -3.49. The van der Waals surface area contributed by atoms with E-state index in [0.717, 1.165) is 18.4 Å². The molecule has 41 heavy (non-hydrogen) atoms. The molecule has 3 atom stereocenters. The molecular formula is C34H39CoN2O4-. The number of ether oxygens (including phenoxy) is 2. The molecule has 0 aromatic heterocycles. The van der Waals surface area contributed by atoms with E-state index in [4.69, 9.17) is 9.47 Å². The van der Waals surface area contributed by atoms with E-state index in [1.807, 2.05) is 36.4 Å². The largest absolute Gasteiger partial charge is 0.507 e. The normalized spacial score (nSPS) is 20.0. The molecule has 0 bridgehead atoms. The number of allylic oxidation sites excluding steroid dienone is 2. The second kappa shape index (κ2) is 16.1. The number of methoxy groups -OCH3 is 1. The molecule has 6 nitrogen and oxygen atoms in total. The SMILES string of the molecule is C=C1C(OC)O[C@@](C)(CCC=C(C)C)[C@H]1[CH2-].Oc1ccccc1C=Nc1ccccc1N=Cc1ccccc1O.[Co]. The minimum absolute atomic E-state index is 0. The van der Waals surface area contributed by atoms with E-state index in [1.165, 1.54) is 5.57 Å². The second-order valence-corrected chi connectivity index (χ2v) is 10.1. The number of benzene rings is 3. The van der Waals surface area contributed by atoms with Crippen molar-refractivity contribution >= 4 is 23.8 Å². The van der Waals surface area contributed by atoms with Crippen molar-refractivity contribution in [3.63, 3.8) is 0 Å². The van der Waals surface area contributed by atoms with Crippen LogP contribution in [-0.2, 0) is 26.3 Å². The average molecular weight is 599 g/mol.